The first kappa shape index (κ1) is 13.4. The van der Waals surface area contributed by atoms with E-state index in [0.717, 1.165) is 19.3 Å². The second kappa shape index (κ2) is 4.25. The molecule has 1 unspecified atom stereocenters. The van der Waals surface area contributed by atoms with Gasteiger partial charge >= 0.3 is 5.97 Å². The Balaban J connectivity index is 2.03. The number of carbonyl (C=O) groups is 2. The standard InChI is InChI=1S/C14H23NO3/c1-9-4-6-14(7-5-9,12(17)18)15-11(16)10-8-13(10,2)3/h9-10H,4-8H2,1-3H3,(H,15,16)(H,17,18). The molecule has 4 heteroatoms. The molecule has 0 saturated heterocycles. The number of amides is 1. The van der Waals surface area contributed by atoms with Crippen LogP contribution in [0.5, 0.6) is 0 Å². The molecule has 1 atom stereocenters. The summed E-state index contributed by atoms with van der Waals surface area (Å²) in [7, 11) is 0. The van der Waals surface area contributed by atoms with Crippen molar-refractivity contribution in [2.24, 2.45) is 17.3 Å². The van der Waals surface area contributed by atoms with E-state index in [9.17, 15) is 14.7 Å². The van der Waals surface area contributed by atoms with Gasteiger partial charge in [-0.3, -0.25) is 4.79 Å². The number of carboxylic acids is 1. The molecule has 4 nitrogen and oxygen atoms in total. The third-order valence-corrected chi connectivity index (χ3v) is 4.73. The highest BCUT2D eigenvalue weighted by atomic mass is 16.4. The van der Waals surface area contributed by atoms with Crippen LogP contribution in [0.25, 0.3) is 0 Å². The van der Waals surface area contributed by atoms with Gasteiger partial charge in [-0.05, 0) is 43.4 Å². The Morgan fingerprint density at radius 3 is 2.11 bits per heavy atom. The highest BCUT2D eigenvalue weighted by Crippen LogP contribution is 2.52. The lowest BCUT2D eigenvalue weighted by atomic mass is 9.77. The van der Waals surface area contributed by atoms with Crippen LogP contribution in [-0.2, 0) is 9.59 Å². The van der Waals surface area contributed by atoms with Gasteiger partial charge in [0.1, 0.15) is 5.54 Å². The van der Waals surface area contributed by atoms with E-state index in [4.69, 9.17) is 0 Å². The number of carboxylic acid groups (broad SMARTS) is 1. The minimum Gasteiger partial charge on any atom is -0.480 e. The zero-order chi connectivity index (χ0) is 13.6. The zero-order valence-electron chi connectivity index (χ0n) is 11.5. The third kappa shape index (κ3) is 2.38. The lowest BCUT2D eigenvalue weighted by Gasteiger charge is -2.36. The van der Waals surface area contributed by atoms with Crippen molar-refractivity contribution >= 4 is 11.9 Å². The Morgan fingerprint density at radius 2 is 1.72 bits per heavy atom. The van der Waals surface area contributed by atoms with E-state index in [1.807, 2.05) is 13.8 Å². The normalized spacial score (nSPS) is 37.9. The molecule has 0 heterocycles. The first-order chi connectivity index (χ1) is 8.27. The molecule has 0 aromatic heterocycles. The van der Waals surface area contributed by atoms with Gasteiger partial charge in [0.05, 0.1) is 0 Å². The second-order valence-corrected chi connectivity index (χ2v) is 6.80. The van der Waals surface area contributed by atoms with Crippen LogP contribution in [0.1, 0.15) is 52.9 Å². The van der Waals surface area contributed by atoms with Crippen LogP contribution in [0.15, 0.2) is 0 Å². The number of rotatable bonds is 3. The predicted octanol–water partition coefficient (Wildman–Crippen LogP) is 2.18. The van der Waals surface area contributed by atoms with E-state index < -0.39 is 11.5 Å². The van der Waals surface area contributed by atoms with Crippen LogP contribution < -0.4 is 5.32 Å². The maximum Gasteiger partial charge on any atom is 0.329 e. The third-order valence-electron chi connectivity index (χ3n) is 4.73. The molecule has 18 heavy (non-hydrogen) atoms. The molecule has 2 aliphatic carbocycles. The van der Waals surface area contributed by atoms with Gasteiger partial charge in [-0.15, -0.1) is 0 Å². The lowest BCUT2D eigenvalue weighted by Crippen LogP contribution is -2.56. The highest BCUT2D eigenvalue weighted by molar-refractivity contribution is 5.89. The Hall–Kier alpha value is -1.06. The van der Waals surface area contributed by atoms with Crippen molar-refractivity contribution in [3.63, 3.8) is 0 Å². The van der Waals surface area contributed by atoms with Gasteiger partial charge in [-0.1, -0.05) is 20.8 Å². The fourth-order valence-electron chi connectivity index (χ4n) is 2.88. The summed E-state index contributed by atoms with van der Waals surface area (Å²) in [5.74, 6) is -0.391. The summed E-state index contributed by atoms with van der Waals surface area (Å²) in [6, 6.07) is 0. The van der Waals surface area contributed by atoms with E-state index in [1.165, 1.54) is 0 Å². The molecule has 0 aromatic carbocycles. The van der Waals surface area contributed by atoms with Crippen molar-refractivity contribution in [3.8, 4) is 0 Å². The maximum atomic E-state index is 12.1. The molecule has 0 bridgehead atoms. The van der Waals surface area contributed by atoms with Gasteiger partial charge in [0, 0.05) is 5.92 Å². The number of aliphatic carboxylic acids is 1. The van der Waals surface area contributed by atoms with Crippen LogP contribution in [0.3, 0.4) is 0 Å². The number of nitrogens with one attached hydrogen (secondary N) is 1. The molecule has 0 aliphatic heterocycles. The van der Waals surface area contributed by atoms with Gasteiger partial charge in [-0.2, -0.15) is 0 Å². The van der Waals surface area contributed by atoms with Gasteiger partial charge < -0.3 is 10.4 Å². The smallest absolute Gasteiger partial charge is 0.329 e. The minimum atomic E-state index is -1.01. The van der Waals surface area contributed by atoms with E-state index in [1.54, 1.807) is 0 Å². The zero-order valence-corrected chi connectivity index (χ0v) is 11.5. The quantitative estimate of drug-likeness (QED) is 0.810. The topological polar surface area (TPSA) is 66.4 Å². The van der Waals surface area contributed by atoms with E-state index >= 15 is 0 Å². The van der Waals surface area contributed by atoms with Crippen LogP contribution in [-0.4, -0.2) is 22.5 Å². The number of hydrogen-bond acceptors (Lipinski definition) is 2. The minimum absolute atomic E-state index is 0.00641. The van der Waals surface area contributed by atoms with Crippen LogP contribution in [0.4, 0.5) is 0 Å². The van der Waals surface area contributed by atoms with Crippen molar-refractivity contribution < 1.29 is 14.7 Å². The fourth-order valence-corrected chi connectivity index (χ4v) is 2.88. The fraction of sp³-hybridized carbons (Fsp3) is 0.857. The molecule has 1 amide bonds. The summed E-state index contributed by atoms with van der Waals surface area (Å²) in [6.07, 6.45) is 3.73. The van der Waals surface area contributed by atoms with Crippen molar-refractivity contribution in [2.75, 3.05) is 0 Å². The highest BCUT2D eigenvalue weighted by Gasteiger charge is 2.53. The van der Waals surface area contributed by atoms with E-state index in [2.05, 4.69) is 12.2 Å². The summed E-state index contributed by atoms with van der Waals surface area (Å²) in [5.41, 5.74) is -0.964. The Labute approximate surface area is 108 Å². The molecule has 2 rings (SSSR count). The molecule has 2 N–H and O–H groups in total. The maximum absolute atomic E-state index is 12.1. The van der Waals surface area contributed by atoms with Crippen molar-refractivity contribution in [3.05, 3.63) is 0 Å². The van der Waals surface area contributed by atoms with E-state index in [0.29, 0.717) is 18.8 Å². The average Bonchev–Trinajstić information content (AvgIpc) is 2.91. The molecule has 0 radical (unpaired) electrons. The summed E-state index contributed by atoms with van der Waals surface area (Å²) in [5, 5.41) is 12.3. The van der Waals surface area contributed by atoms with Crippen molar-refractivity contribution in [1.82, 2.24) is 5.32 Å². The first-order valence-electron chi connectivity index (χ1n) is 6.82. The molecule has 0 aromatic rings. The van der Waals surface area contributed by atoms with Crippen LogP contribution in [0.2, 0.25) is 0 Å². The summed E-state index contributed by atoms with van der Waals surface area (Å²) >= 11 is 0. The van der Waals surface area contributed by atoms with Gasteiger partial charge in [0.15, 0.2) is 0 Å². The van der Waals surface area contributed by atoms with Crippen molar-refractivity contribution in [1.29, 1.82) is 0 Å². The van der Waals surface area contributed by atoms with Crippen LogP contribution in [0, 0.1) is 17.3 Å². The summed E-state index contributed by atoms with van der Waals surface area (Å²) in [6.45, 7) is 6.23. The molecule has 2 saturated carbocycles. The van der Waals surface area contributed by atoms with Gasteiger partial charge in [0.25, 0.3) is 0 Å². The van der Waals surface area contributed by atoms with E-state index in [-0.39, 0.29) is 17.2 Å². The predicted molar refractivity (Wildman–Crippen MR) is 68.0 cm³/mol. The molecule has 2 fully saturated rings. The molecular weight excluding hydrogens is 230 g/mol. The molecular formula is C14H23NO3. The van der Waals surface area contributed by atoms with Crippen LogP contribution >= 0.6 is 0 Å². The van der Waals surface area contributed by atoms with Crippen molar-refractivity contribution in [2.45, 2.75) is 58.4 Å². The average molecular weight is 253 g/mol. The monoisotopic (exact) mass is 253 g/mol. The summed E-state index contributed by atoms with van der Waals surface area (Å²) < 4.78 is 0. The second-order valence-electron chi connectivity index (χ2n) is 6.80. The van der Waals surface area contributed by atoms with Gasteiger partial charge in [0.2, 0.25) is 5.91 Å². The Kier molecular flexibility index (Phi) is 3.16. The number of carbonyl (C=O) groups excluding carboxylic acids is 1. The van der Waals surface area contributed by atoms with Gasteiger partial charge in [-0.25, -0.2) is 4.79 Å². The Bertz CT molecular complexity index is 367. The lowest BCUT2D eigenvalue weighted by molar-refractivity contribution is -0.150. The SMILES string of the molecule is CC1CCC(NC(=O)C2CC2(C)C)(C(=O)O)CC1. The largest absolute Gasteiger partial charge is 0.480 e. The summed E-state index contributed by atoms with van der Waals surface area (Å²) in [4.78, 5) is 23.6. The molecule has 102 valence electrons. The first-order valence-corrected chi connectivity index (χ1v) is 6.82. The number of hydrogen-bond donors (Lipinski definition) is 2. The molecule has 2 aliphatic rings. The molecule has 0 spiro atoms. The Morgan fingerprint density at radius 1 is 1.22 bits per heavy atom.